The highest BCUT2D eigenvalue weighted by molar-refractivity contribution is 5.82. The van der Waals surface area contributed by atoms with Gasteiger partial charge in [0.1, 0.15) is 11.6 Å². The number of carbonyl (C=O) groups is 1. The third kappa shape index (κ3) is 4.74. The lowest BCUT2D eigenvalue weighted by Gasteiger charge is -2.28. The van der Waals surface area contributed by atoms with Crippen molar-refractivity contribution < 1.29 is 14.3 Å². The first-order chi connectivity index (χ1) is 18.0. The molecule has 37 heavy (non-hydrogen) atoms. The summed E-state index contributed by atoms with van der Waals surface area (Å²) < 4.78 is 15.2. The molecule has 0 atom stereocenters. The maximum Gasteiger partial charge on any atom is 0.303 e. The molecule has 186 valence electrons. The number of nitrogens with zero attached hydrogens (tertiary/aromatic N) is 4. The number of halogens is 1. The molecule has 7 nitrogen and oxygen atoms in total. The van der Waals surface area contributed by atoms with Crippen LogP contribution in [-0.2, 0) is 4.79 Å². The molecule has 3 aromatic carbocycles. The first-order valence-electron chi connectivity index (χ1n) is 12.5. The average Bonchev–Trinajstić information content (AvgIpc) is 3.59. The summed E-state index contributed by atoms with van der Waals surface area (Å²) in [5.74, 6) is 0.167. The number of aliphatic carboxylic acids is 1. The smallest absolute Gasteiger partial charge is 0.303 e. The van der Waals surface area contributed by atoms with Crippen LogP contribution in [-0.4, -0.2) is 36.0 Å². The summed E-state index contributed by atoms with van der Waals surface area (Å²) in [7, 11) is 0. The molecule has 0 bridgehead atoms. The van der Waals surface area contributed by atoms with E-state index in [0.717, 1.165) is 53.5 Å². The van der Waals surface area contributed by atoms with Crippen LogP contribution in [0.15, 0.2) is 73.1 Å². The first kappa shape index (κ1) is 23.1. The Hall–Kier alpha value is -4.33. The van der Waals surface area contributed by atoms with E-state index in [1.165, 1.54) is 10.4 Å². The predicted molar refractivity (Wildman–Crippen MR) is 139 cm³/mol. The zero-order chi connectivity index (χ0) is 25.4. The predicted octanol–water partition coefficient (Wildman–Crippen LogP) is 6.37. The molecule has 8 heteroatoms. The van der Waals surface area contributed by atoms with Crippen molar-refractivity contribution in [3.63, 3.8) is 0 Å². The third-order valence-electron chi connectivity index (χ3n) is 7.36. The fraction of sp³-hybridized carbons (Fsp3) is 0.241. The molecular weight excluding hydrogens is 469 g/mol. The van der Waals surface area contributed by atoms with Gasteiger partial charge in [-0.3, -0.25) is 4.79 Å². The highest BCUT2D eigenvalue weighted by Crippen LogP contribution is 2.38. The van der Waals surface area contributed by atoms with Crippen molar-refractivity contribution in [3.05, 3.63) is 84.4 Å². The topological polar surface area (TPSA) is 96.7 Å². The van der Waals surface area contributed by atoms with Gasteiger partial charge < -0.3 is 10.1 Å². The van der Waals surface area contributed by atoms with Gasteiger partial charge in [-0.2, -0.15) is 15.0 Å². The molecule has 1 aliphatic rings. The van der Waals surface area contributed by atoms with E-state index in [-0.39, 0.29) is 18.2 Å². The van der Waals surface area contributed by atoms with Gasteiger partial charge in [-0.05, 0) is 84.5 Å². The summed E-state index contributed by atoms with van der Waals surface area (Å²) in [6, 6.07) is 19.2. The Bertz CT molecular complexity index is 1550. The van der Waals surface area contributed by atoms with Crippen molar-refractivity contribution in [2.45, 2.75) is 38.0 Å². The number of rotatable bonds is 6. The van der Waals surface area contributed by atoms with E-state index < -0.39 is 5.97 Å². The minimum atomic E-state index is -0.705. The van der Waals surface area contributed by atoms with Crippen LogP contribution >= 0.6 is 0 Å². The molecule has 2 aromatic heterocycles. The second kappa shape index (κ2) is 9.61. The number of hydrogen-bond acceptors (Lipinski definition) is 4. The van der Waals surface area contributed by atoms with Crippen molar-refractivity contribution in [1.82, 2.24) is 25.0 Å². The van der Waals surface area contributed by atoms with E-state index in [9.17, 15) is 4.79 Å². The van der Waals surface area contributed by atoms with Gasteiger partial charge in [-0.15, -0.1) is 0 Å². The highest BCUT2D eigenvalue weighted by Gasteiger charge is 2.24. The lowest BCUT2D eigenvalue weighted by Crippen LogP contribution is -2.16. The molecule has 6 rings (SSSR count). The number of carboxylic acid groups (broad SMARTS) is 1. The zero-order valence-electron chi connectivity index (χ0n) is 20.1. The van der Waals surface area contributed by atoms with Crippen LogP contribution in [0, 0.1) is 11.7 Å². The van der Waals surface area contributed by atoms with Crippen LogP contribution in [0.4, 0.5) is 4.39 Å². The molecule has 0 spiro atoms. The Labute approximate surface area is 213 Å². The number of H-pyrrole nitrogens is 1. The van der Waals surface area contributed by atoms with Gasteiger partial charge >= 0.3 is 5.97 Å². The number of nitrogens with one attached hydrogen (secondary N) is 1. The maximum absolute atomic E-state index is 15.2. The van der Waals surface area contributed by atoms with Gasteiger partial charge in [0, 0.05) is 6.42 Å². The molecule has 0 unspecified atom stereocenters. The standard InChI is InChI=1S/C29H26FN5O2/c30-25-16-22(21-7-5-20(6-8-21)19-3-1-18(2-4-19)15-28(36)37)9-11-24(25)29-33-26-12-10-23(17-27(26)34-29)35-31-13-14-32-35/h5-14,16-19H,1-4,15H2,(H,33,34)(H,36,37). The van der Waals surface area contributed by atoms with Gasteiger partial charge in [0.05, 0.1) is 34.7 Å². The maximum atomic E-state index is 15.2. The average molecular weight is 496 g/mol. The number of aromatic nitrogens is 5. The molecule has 1 saturated carbocycles. The van der Waals surface area contributed by atoms with Crippen molar-refractivity contribution in [2.24, 2.45) is 5.92 Å². The van der Waals surface area contributed by atoms with Crippen molar-refractivity contribution in [2.75, 3.05) is 0 Å². The Morgan fingerprint density at radius 2 is 1.68 bits per heavy atom. The molecule has 0 radical (unpaired) electrons. The summed E-state index contributed by atoms with van der Waals surface area (Å²) in [6.07, 6.45) is 7.43. The lowest BCUT2D eigenvalue weighted by atomic mass is 9.77. The SMILES string of the molecule is O=C(O)CC1CCC(c2ccc(-c3ccc(-c4nc5ccc(-n6nccn6)cc5[nH]4)c(F)c3)cc2)CC1. The van der Waals surface area contributed by atoms with Crippen molar-refractivity contribution in [1.29, 1.82) is 0 Å². The van der Waals surface area contributed by atoms with E-state index in [0.29, 0.717) is 17.3 Å². The Morgan fingerprint density at radius 3 is 2.38 bits per heavy atom. The second-order valence-corrected chi connectivity index (χ2v) is 9.74. The van der Waals surface area contributed by atoms with E-state index in [2.05, 4.69) is 32.3 Å². The minimum absolute atomic E-state index is 0.269. The summed E-state index contributed by atoms with van der Waals surface area (Å²) in [4.78, 5) is 20.3. The lowest BCUT2D eigenvalue weighted by molar-refractivity contribution is -0.138. The Morgan fingerprint density at radius 1 is 0.946 bits per heavy atom. The van der Waals surface area contributed by atoms with Crippen molar-refractivity contribution >= 4 is 17.0 Å². The normalized spacial score (nSPS) is 17.8. The molecule has 1 aliphatic carbocycles. The molecule has 0 aliphatic heterocycles. The van der Waals surface area contributed by atoms with Crippen molar-refractivity contribution in [3.8, 4) is 28.2 Å². The zero-order valence-corrected chi connectivity index (χ0v) is 20.1. The number of hydrogen-bond donors (Lipinski definition) is 2. The first-order valence-corrected chi connectivity index (χ1v) is 12.5. The Kier molecular flexibility index (Phi) is 6.00. The molecule has 2 N–H and O–H groups in total. The molecule has 1 fully saturated rings. The number of benzene rings is 3. The largest absolute Gasteiger partial charge is 0.481 e. The quantitative estimate of drug-likeness (QED) is 0.285. The van der Waals surface area contributed by atoms with E-state index >= 15 is 4.39 Å². The molecule has 0 saturated heterocycles. The molecule has 2 heterocycles. The summed E-state index contributed by atoms with van der Waals surface area (Å²) in [5, 5.41) is 17.3. The van der Waals surface area contributed by atoms with Crippen LogP contribution < -0.4 is 0 Å². The number of imidazole rings is 1. The van der Waals surface area contributed by atoms with Gasteiger partial charge in [0.25, 0.3) is 0 Å². The Balaban J connectivity index is 1.19. The summed E-state index contributed by atoms with van der Waals surface area (Å²) in [5.41, 5.74) is 5.74. The second-order valence-electron chi connectivity index (χ2n) is 9.74. The van der Waals surface area contributed by atoms with E-state index in [4.69, 9.17) is 5.11 Å². The highest BCUT2D eigenvalue weighted by atomic mass is 19.1. The van der Waals surface area contributed by atoms with E-state index in [1.807, 2.05) is 36.4 Å². The van der Waals surface area contributed by atoms with Gasteiger partial charge in [-0.25, -0.2) is 9.37 Å². The molecule has 5 aromatic rings. The van der Waals surface area contributed by atoms with Crippen LogP contribution in [0.25, 0.3) is 39.2 Å². The number of fused-ring (bicyclic) bond motifs is 1. The molecule has 0 amide bonds. The third-order valence-corrected chi connectivity index (χ3v) is 7.36. The summed E-state index contributed by atoms with van der Waals surface area (Å²) >= 11 is 0. The van der Waals surface area contributed by atoms with Gasteiger partial charge in [0.15, 0.2) is 0 Å². The minimum Gasteiger partial charge on any atom is -0.481 e. The van der Waals surface area contributed by atoms with Crippen LogP contribution in [0.1, 0.15) is 43.6 Å². The summed E-state index contributed by atoms with van der Waals surface area (Å²) in [6.45, 7) is 0. The van der Waals surface area contributed by atoms with Gasteiger partial charge in [-0.1, -0.05) is 30.3 Å². The fourth-order valence-corrected chi connectivity index (χ4v) is 5.38. The number of carboxylic acids is 1. The van der Waals surface area contributed by atoms with Crippen LogP contribution in [0.2, 0.25) is 0 Å². The van der Waals surface area contributed by atoms with Gasteiger partial charge in [0.2, 0.25) is 0 Å². The number of aromatic amines is 1. The van der Waals surface area contributed by atoms with Crippen LogP contribution in [0.5, 0.6) is 0 Å². The van der Waals surface area contributed by atoms with Crippen LogP contribution in [0.3, 0.4) is 0 Å². The monoisotopic (exact) mass is 495 g/mol. The fourth-order valence-electron chi connectivity index (χ4n) is 5.38. The molecular formula is C29H26FN5O2. The van der Waals surface area contributed by atoms with E-state index in [1.54, 1.807) is 24.5 Å².